The Morgan fingerprint density at radius 2 is 1.73 bits per heavy atom. The molecule has 0 bridgehead atoms. The van der Waals surface area contributed by atoms with Gasteiger partial charge < -0.3 is 48.8 Å². The number of nitrogens with zero attached hydrogens (tertiary/aromatic N) is 3. The van der Waals surface area contributed by atoms with Crippen molar-refractivity contribution in [2.75, 3.05) is 48.4 Å². The number of methoxy groups -OCH3 is 1. The lowest BCUT2D eigenvalue weighted by Crippen LogP contribution is -2.60. The zero-order valence-corrected chi connectivity index (χ0v) is 31.9. The Bertz CT molecular complexity index is 1170. The molecule has 1 aliphatic carbocycles. The Kier molecular flexibility index (Phi) is 12.9. The van der Waals surface area contributed by atoms with Gasteiger partial charge in [0.2, 0.25) is 0 Å². The SMILES string of the molecule is CC[C@H]1OC(=O)C(C)C(=O)[C@H](C)[C@@H](O[C@@H]2O[C@H](CNC3CC3)C[C@H](N(C)C)[C@H]2O)[C@](C)(OC)C[C@@H](C)CN(C)[C@H](C)[C@H]2N(C)C(=O)O[C@]12C. The van der Waals surface area contributed by atoms with Crippen LogP contribution in [0.2, 0.25) is 0 Å². The maximum absolute atomic E-state index is 14.3. The fourth-order valence-corrected chi connectivity index (χ4v) is 8.55. The smallest absolute Gasteiger partial charge is 0.410 e. The van der Waals surface area contributed by atoms with E-state index in [4.69, 9.17) is 23.7 Å². The standard InChI is InChI=1S/C36H64N4O9/c1-13-27-36(7)30(40(11)34(44)49-36)23(5)39(10)19-20(2)17-35(6,45-12)31(21(3)28(41)22(4)32(43)47-27)48-33-29(42)26(38(8)9)16-25(46-33)18-37-24-14-15-24/h20-27,29-31,33,37,42H,13-19H2,1-12H3/t20-,21+,22?,23-,25+,26+,27-,29-,30-,31-,33+,35-,36-/m1/s1. The van der Waals surface area contributed by atoms with Crippen molar-refractivity contribution in [2.45, 2.75) is 147 Å². The van der Waals surface area contributed by atoms with Crippen LogP contribution >= 0.6 is 0 Å². The fourth-order valence-electron chi connectivity index (χ4n) is 8.55. The van der Waals surface area contributed by atoms with Crippen molar-refractivity contribution in [3.63, 3.8) is 0 Å². The van der Waals surface area contributed by atoms with Gasteiger partial charge in [-0.25, -0.2) is 4.79 Å². The molecule has 13 heteroatoms. The molecule has 13 atom stereocenters. The molecule has 3 heterocycles. The van der Waals surface area contributed by atoms with Gasteiger partial charge in [0.05, 0.1) is 23.9 Å². The second kappa shape index (κ2) is 15.8. The molecule has 1 saturated carbocycles. The highest BCUT2D eigenvalue weighted by molar-refractivity contribution is 6.00. The summed E-state index contributed by atoms with van der Waals surface area (Å²) in [5, 5.41) is 15.1. The molecule has 1 unspecified atom stereocenters. The molecule has 0 aromatic heterocycles. The van der Waals surface area contributed by atoms with E-state index in [-0.39, 0.29) is 29.9 Å². The lowest BCUT2D eigenvalue weighted by Gasteiger charge is -2.47. The van der Waals surface area contributed by atoms with Gasteiger partial charge >= 0.3 is 12.1 Å². The van der Waals surface area contributed by atoms with Crippen LogP contribution < -0.4 is 5.32 Å². The highest BCUT2D eigenvalue weighted by Crippen LogP contribution is 2.40. The van der Waals surface area contributed by atoms with Crippen LogP contribution in [0.15, 0.2) is 0 Å². The molecule has 0 radical (unpaired) electrons. The molecule has 282 valence electrons. The number of rotatable bonds is 8. The lowest BCUT2D eigenvalue weighted by atomic mass is 9.78. The van der Waals surface area contributed by atoms with E-state index in [2.05, 4.69) is 17.1 Å². The highest BCUT2D eigenvalue weighted by Gasteiger charge is 2.58. The van der Waals surface area contributed by atoms with E-state index in [1.165, 1.54) is 0 Å². The average molecular weight is 697 g/mol. The van der Waals surface area contributed by atoms with E-state index in [0.29, 0.717) is 38.4 Å². The number of hydrogen-bond donors (Lipinski definition) is 2. The minimum Gasteiger partial charge on any atom is -0.458 e. The molecular weight excluding hydrogens is 632 g/mol. The third-order valence-corrected chi connectivity index (χ3v) is 11.8. The first kappa shape index (κ1) is 39.9. The quantitative estimate of drug-likeness (QED) is 0.285. The number of fused-ring (bicyclic) bond motifs is 1. The van der Waals surface area contributed by atoms with Gasteiger partial charge in [0, 0.05) is 51.3 Å². The fraction of sp³-hybridized carbons (Fsp3) is 0.917. The van der Waals surface area contributed by atoms with E-state index in [0.717, 1.165) is 12.8 Å². The molecule has 3 aliphatic heterocycles. The van der Waals surface area contributed by atoms with Gasteiger partial charge in [-0.3, -0.25) is 9.59 Å². The number of aliphatic hydroxyl groups is 1. The van der Waals surface area contributed by atoms with E-state index >= 15 is 0 Å². The summed E-state index contributed by atoms with van der Waals surface area (Å²) in [4.78, 5) is 46.8. The van der Waals surface area contributed by atoms with E-state index in [9.17, 15) is 19.5 Å². The number of hydrogen-bond acceptors (Lipinski definition) is 12. The van der Waals surface area contributed by atoms with Gasteiger partial charge in [-0.2, -0.15) is 0 Å². The van der Waals surface area contributed by atoms with Gasteiger partial charge in [-0.15, -0.1) is 0 Å². The van der Waals surface area contributed by atoms with Crippen LogP contribution in [0, 0.1) is 17.8 Å². The monoisotopic (exact) mass is 696 g/mol. The van der Waals surface area contributed by atoms with Crippen molar-refractivity contribution in [3.05, 3.63) is 0 Å². The van der Waals surface area contributed by atoms with E-state index in [1.54, 1.807) is 32.9 Å². The van der Waals surface area contributed by atoms with Gasteiger partial charge in [0.1, 0.15) is 18.1 Å². The Hall–Kier alpha value is -1.87. The highest BCUT2D eigenvalue weighted by atomic mass is 16.7. The number of cyclic esters (lactones) is 1. The van der Waals surface area contributed by atoms with Crippen molar-refractivity contribution < 1.29 is 43.2 Å². The second-order valence-electron chi connectivity index (χ2n) is 16.0. The van der Waals surface area contributed by atoms with Crippen LogP contribution in [0.4, 0.5) is 4.79 Å². The number of carbonyl (C=O) groups is 3. The molecule has 0 aromatic carbocycles. The first-order valence-electron chi connectivity index (χ1n) is 18.2. The summed E-state index contributed by atoms with van der Waals surface area (Å²) >= 11 is 0. The van der Waals surface area contributed by atoms with Gasteiger partial charge in [0.25, 0.3) is 0 Å². The van der Waals surface area contributed by atoms with Gasteiger partial charge in [0.15, 0.2) is 17.7 Å². The number of esters is 1. The van der Waals surface area contributed by atoms with Crippen molar-refractivity contribution >= 4 is 17.8 Å². The largest absolute Gasteiger partial charge is 0.458 e. The number of carbonyl (C=O) groups excluding carboxylic acids is 3. The molecule has 0 spiro atoms. The Morgan fingerprint density at radius 3 is 2.31 bits per heavy atom. The molecule has 4 aliphatic rings. The van der Waals surface area contributed by atoms with Crippen LogP contribution in [0.25, 0.3) is 0 Å². The van der Waals surface area contributed by atoms with Crippen molar-refractivity contribution in [1.82, 2.24) is 20.0 Å². The number of amides is 1. The average Bonchev–Trinajstić information content (AvgIpc) is 3.84. The van der Waals surface area contributed by atoms with E-state index < -0.39 is 65.7 Å². The molecule has 49 heavy (non-hydrogen) atoms. The zero-order valence-electron chi connectivity index (χ0n) is 31.9. The predicted molar refractivity (Wildman–Crippen MR) is 184 cm³/mol. The summed E-state index contributed by atoms with van der Waals surface area (Å²) in [6, 6.07) is -0.326. The summed E-state index contributed by atoms with van der Waals surface area (Å²) in [6.07, 6.45) is -0.545. The summed E-state index contributed by atoms with van der Waals surface area (Å²) in [7, 11) is 9.19. The summed E-state index contributed by atoms with van der Waals surface area (Å²) in [5.41, 5.74) is -2.15. The minimum atomic E-state index is -1.14. The third-order valence-electron chi connectivity index (χ3n) is 11.8. The summed E-state index contributed by atoms with van der Waals surface area (Å²) < 4.78 is 31.5. The van der Waals surface area contributed by atoms with Gasteiger partial charge in [-0.05, 0) is 86.9 Å². The number of ether oxygens (including phenoxy) is 5. The van der Waals surface area contributed by atoms with Crippen LogP contribution in [0.5, 0.6) is 0 Å². The third kappa shape index (κ3) is 8.45. The second-order valence-corrected chi connectivity index (χ2v) is 16.0. The van der Waals surface area contributed by atoms with Crippen LogP contribution in [0.1, 0.15) is 80.6 Å². The normalized spacial score (nSPS) is 43.5. The Morgan fingerprint density at radius 1 is 1.08 bits per heavy atom. The number of aliphatic hydroxyl groups excluding tert-OH is 1. The topological polar surface area (TPSA) is 139 Å². The molecule has 1 amide bonds. The lowest BCUT2D eigenvalue weighted by molar-refractivity contribution is -0.297. The van der Waals surface area contributed by atoms with Crippen LogP contribution in [-0.4, -0.2) is 152 Å². The maximum atomic E-state index is 14.3. The minimum absolute atomic E-state index is 0.0463. The zero-order chi connectivity index (χ0) is 36.6. The molecule has 4 rings (SSSR count). The summed E-state index contributed by atoms with van der Waals surface area (Å²) in [6.45, 7) is 14.4. The number of nitrogens with one attached hydrogen (secondary N) is 1. The molecule has 13 nitrogen and oxygen atoms in total. The number of ketones is 1. The Labute approximate surface area is 293 Å². The molecular formula is C36H64N4O9. The first-order chi connectivity index (χ1) is 22.9. The van der Waals surface area contributed by atoms with Crippen molar-refractivity contribution in [3.8, 4) is 0 Å². The van der Waals surface area contributed by atoms with Crippen LogP contribution in [-0.2, 0) is 33.3 Å². The predicted octanol–water partition coefficient (Wildman–Crippen LogP) is 2.67. The molecule has 3 saturated heterocycles. The van der Waals surface area contributed by atoms with Crippen molar-refractivity contribution in [1.29, 1.82) is 0 Å². The number of likely N-dealkylation sites (N-methyl/N-ethyl adjacent to an activating group) is 3. The summed E-state index contributed by atoms with van der Waals surface area (Å²) in [5.74, 6) is -2.99. The van der Waals surface area contributed by atoms with Gasteiger partial charge in [-0.1, -0.05) is 20.8 Å². The maximum Gasteiger partial charge on any atom is 0.410 e. The number of Topliss-reactive ketones (excluding diaryl/α,β-unsaturated/α-hetero) is 1. The van der Waals surface area contributed by atoms with E-state index in [1.807, 2.05) is 53.7 Å². The Balaban J connectivity index is 1.71. The molecule has 0 aromatic rings. The van der Waals surface area contributed by atoms with Crippen molar-refractivity contribution in [2.24, 2.45) is 17.8 Å². The van der Waals surface area contributed by atoms with Crippen LogP contribution in [0.3, 0.4) is 0 Å². The molecule has 2 N–H and O–H groups in total. The molecule has 4 fully saturated rings. The first-order valence-corrected chi connectivity index (χ1v) is 18.2.